The van der Waals surface area contributed by atoms with Gasteiger partial charge in [-0.25, -0.2) is 0 Å². The number of carbonyl (C=O) groups is 1. The number of nitrogens with zero attached hydrogens (tertiary/aromatic N) is 3. The summed E-state index contributed by atoms with van der Waals surface area (Å²) in [5.41, 5.74) is 3.90. The van der Waals surface area contributed by atoms with Crippen LogP contribution in [0, 0.1) is 0 Å². The Labute approximate surface area is 151 Å². The smallest absolute Gasteiger partial charge is 0.251 e. The summed E-state index contributed by atoms with van der Waals surface area (Å²) in [5, 5.41) is 7.64. The van der Waals surface area contributed by atoms with Crippen LogP contribution in [0.1, 0.15) is 33.3 Å². The number of fused-ring (bicyclic) bond motifs is 1. The van der Waals surface area contributed by atoms with Crippen LogP contribution in [0.15, 0.2) is 61.1 Å². The molecule has 0 saturated heterocycles. The highest BCUT2D eigenvalue weighted by atomic mass is 16.5. The Bertz CT molecular complexity index is 877. The first-order valence-electron chi connectivity index (χ1n) is 8.69. The van der Waals surface area contributed by atoms with E-state index in [1.54, 1.807) is 24.5 Å². The maximum atomic E-state index is 12.2. The number of amides is 1. The van der Waals surface area contributed by atoms with E-state index in [0.717, 1.165) is 18.7 Å². The molecular weight excluding hydrogens is 328 g/mol. The molecule has 1 aliphatic heterocycles. The van der Waals surface area contributed by atoms with Crippen LogP contribution in [0.2, 0.25) is 0 Å². The summed E-state index contributed by atoms with van der Waals surface area (Å²) in [6, 6.07) is 13.6. The van der Waals surface area contributed by atoms with Crippen molar-refractivity contribution in [3.05, 3.63) is 83.4 Å². The Hall–Kier alpha value is -2.99. The van der Waals surface area contributed by atoms with E-state index in [9.17, 15) is 4.79 Å². The molecule has 0 spiro atoms. The van der Waals surface area contributed by atoms with Crippen LogP contribution in [0.4, 0.5) is 0 Å². The molecule has 2 aromatic heterocycles. The number of hydrogen-bond donors (Lipinski definition) is 1. The maximum Gasteiger partial charge on any atom is 0.251 e. The highest BCUT2D eigenvalue weighted by Gasteiger charge is 2.25. The van der Waals surface area contributed by atoms with E-state index in [1.165, 1.54) is 11.1 Å². The summed E-state index contributed by atoms with van der Waals surface area (Å²) in [6.07, 6.45) is 5.92. The van der Waals surface area contributed by atoms with E-state index in [-0.39, 0.29) is 12.0 Å². The number of rotatable bonds is 5. The van der Waals surface area contributed by atoms with Crippen molar-refractivity contribution >= 4 is 5.91 Å². The van der Waals surface area contributed by atoms with Crippen molar-refractivity contribution in [3.63, 3.8) is 0 Å². The SMILES string of the molecule is O=C(NC[C@@H]1OCCc2cn(Cc3ccccc3)nc21)c1ccncc1. The molecule has 1 aliphatic rings. The van der Waals surface area contributed by atoms with Gasteiger partial charge in [0.2, 0.25) is 0 Å². The zero-order chi connectivity index (χ0) is 17.8. The molecule has 6 nitrogen and oxygen atoms in total. The lowest BCUT2D eigenvalue weighted by atomic mass is 10.1. The topological polar surface area (TPSA) is 69.0 Å². The first-order valence-corrected chi connectivity index (χ1v) is 8.69. The van der Waals surface area contributed by atoms with Gasteiger partial charge in [0.15, 0.2) is 0 Å². The summed E-state index contributed by atoms with van der Waals surface area (Å²) in [6.45, 7) is 1.76. The van der Waals surface area contributed by atoms with Gasteiger partial charge < -0.3 is 10.1 Å². The minimum atomic E-state index is -0.221. The summed E-state index contributed by atoms with van der Waals surface area (Å²) >= 11 is 0. The first kappa shape index (κ1) is 16.5. The number of benzene rings is 1. The van der Waals surface area contributed by atoms with Crippen LogP contribution >= 0.6 is 0 Å². The van der Waals surface area contributed by atoms with Crippen molar-refractivity contribution in [1.82, 2.24) is 20.1 Å². The third-order valence-electron chi connectivity index (χ3n) is 4.44. The van der Waals surface area contributed by atoms with Crippen molar-refractivity contribution in [3.8, 4) is 0 Å². The standard InChI is InChI=1S/C20H20N4O2/c25-20(16-6-9-21-10-7-16)22-12-18-19-17(8-11-26-18)14-24(23-19)13-15-4-2-1-3-5-15/h1-7,9-10,14,18H,8,11-13H2,(H,22,25)/t18-/m0/s1. The number of ether oxygens (including phenoxy) is 1. The number of carbonyl (C=O) groups excluding carboxylic acids is 1. The highest BCUT2D eigenvalue weighted by Crippen LogP contribution is 2.25. The Kier molecular flexibility index (Phi) is 4.75. The Morgan fingerprint density at radius 1 is 1.19 bits per heavy atom. The van der Waals surface area contributed by atoms with Crippen molar-refractivity contribution in [2.24, 2.45) is 0 Å². The van der Waals surface area contributed by atoms with Crippen molar-refractivity contribution in [2.75, 3.05) is 13.2 Å². The molecule has 6 heteroatoms. The number of nitrogens with one attached hydrogen (secondary N) is 1. The number of hydrogen-bond acceptors (Lipinski definition) is 4. The van der Waals surface area contributed by atoms with Crippen LogP contribution in [-0.4, -0.2) is 33.8 Å². The molecule has 1 N–H and O–H groups in total. The number of pyridine rings is 1. The summed E-state index contributed by atoms with van der Waals surface area (Å²) in [4.78, 5) is 16.2. The Morgan fingerprint density at radius 2 is 2.00 bits per heavy atom. The summed E-state index contributed by atoms with van der Waals surface area (Å²) < 4.78 is 7.80. The average molecular weight is 348 g/mol. The molecule has 3 heterocycles. The van der Waals surface area contributed by atoms with Crippen molar-refractivity contribution in [1.29, 1.82) is 0 Å². The second-order valence-corrected chi connectivity index (χ2v) is 6.28. The van der Waals surface area contributed by atoms with E-state index >= 15 is 0 Å². The van der Waals surface area contributed by atoms with E-state index in [4.69, 9.17) is 9.84 Å². The fourth-order valence-electron chi connectivity index (χ4n) is 3.13. The second kappa shape index (κ2) is 7.49. The fraction of sp³-hybridized carbons (Fsp3) is 0.250. The molecule has 1 atom stereocenters. The van der Waals surface area contributed by atoms with Gasteiger partial charge in [0.1, 0.15) is 6.10 Å². The first-order chi connectivity index (χ1) is 12.8. The van der Waals surface area contributed by atoms with Crippen LogP contribution in [0.3, 0.4) is 0 Å². The Balaban J connectivity index is 1.44. The normalized spacial score (nSPS) is 16.1. The third-order valence-corrected chi connectivity index (χ3v) is 4.44. The number of aromatic nitrogens is 3. The van der Waals surface area contributed by atoms with Gasteiger partial charge in [0, 0.05) is 30.7 Å². The molecule has 0 radical (unpaired) electrons. The van der Waals surface area contributed by atoms with Crippen molar-refractivity contribution < 1.29 is 9.53 Å². The minimum absolute atomic E-state index is 0.133. The zero-order valence-corrected chi connectivity index (χ0v) is 14.3. The van der Waals surface area contributed by atoms with Gasteiger partial charge in [-0.2, -0.15) is 5.10 Å². The largest absolute Gasteiger partial charge is 0.370 e. The molecule has 0 unspecified atom stereocenters. The van der Waals surface area contributed by atoms with E-state index in [2.05, 4.69) is 28.6 Å². The molecule has 0 bridgehead atoms. The van der Waals surface area contributed by atoms with Crippen LogP contribution < -0.4 is 5.32 Å². The zero-order valence-electron chi connectivity index (χ0n) is 14.3. The van der Waals surface area contributed by atoms with Gasteiger partial charge >= 0.3 is 0 Å². The molecule has 4 rings (SSSR count). The maximum absolute atomic E-state index is 12.2. The molecule has 0 aliphatic carbocycles. The molecule has 1 aromatic carbocycles. The molecule has 0 fully saturated rings. The lowest BCUT2D eigenvalue weighted by molar-refractivity contribution is 0.0383. The van der Waals surface area contributed by atoms with E-state index in [0.29, 0.717) is 18.7 Å². The monoisotopic (exact) mass is 348 g/mol. The molecule has 1 amide bonds. The molecule has 0 saturated carbocycles. The minimum Gasteiger partial charge on any atom is -0.370 e. The molecular formula is C20H20N4O2. The molecule has 26 heavy (non-hydrogen) atoms. The molecule has 132 valence electrons. The average Bonchev–Trinajstić information content (AvgIpc) is 3.10. The third kappa shape index (κ3) is 3.65. The lowest BCUT2D eigenvalue weighted by Crippen LogP contribution is -2.31. The Morgan fingerprint density at radius 3 is 2.81 bits per heavy atom. The van der Waals surface area contributed by atoms with E-state index in [1.807, 2.05) is 22.9 Å². The molecule has 3 aromatic rings. The summed E-state index contributed by atoms with van der Waals surface area (Å²) in [7, 11) is 0. The predicted octanol–water partition coefficient (Wildman–Crippen LogP) is 2.37. The van der Waals surface area contributed by atoms with Gasteiger partial charge in [0.25, 0.3) is 5.91 Å². The van der Waals surface area contributed by atoms with E-state index < -0.39 is 0 Å². The van der Waals surface area contributed by atoms with Gasteiger partial charge in [0.05, 0.1) is 18.8 Å². The van der Waals surface area contributed by atoms with Gasteiger partial charge in [-0.05, 0) is 29.7 Å². The van der Waals surface area contributed by atoms with Gasteiger partial charge in [-0.1, -0.05) is 30.3 Å². The quantitative estimate of drug-likeness (QED) is 0.769. The van der Waals surface area contributed by atoms with Crippen LogP contribution in [0.5, 0.6) is 0 Å². The highest BCUT2D eigenvalue weighted by molar-refractivity contribution is 5.93. The lowest BCUT2D eigenvalue weighted by Gasteiger charge is -2.22. The van der Waals surface area contributed by atoms with Crippen LogP contribution in [0.25, 0.3) is 0 Å². The van der Waals surface area contributed by atoms with Crippen LogP contribution in [-0.2, 0) is 17.7 Å². The van der Waals surface area contributed by atoms with Crippen molar-refractivity contribution in [2.45, 2.75) is 19.1 Å². The summed E-state index contributed by atoms with van der Waals surface area (Å²) in [5.74, 6) is -0.133. The second-order valence-electron chi connectivity index (χ2n) is 6.28. The fourth-order valence-corrected chi connectivity index (χ4v) is 3.13. The predicted molar refractivity (Wildman–Crippen MR) is 96.7 cm³/mol. The van der Waals surface area contributed by atoms with Gasteiger partial charge in [-0.3, -0.25) is 14.5 Å². The van der Waals surface area contributed by atoms with Gasteiger partial charge in [-0.15, -0.1) is 0 Å².